The van der Waals surface area contributed by atoms with Crippen LogP contribution in [0.2, 0.25) is 0 Å². The molecule has 1 heterocycles. The highest BCUT2D eigenvalue weighted by Gasteiger charge is 2.51. The molecule has 0 unspecified atom stereocenters. The Morgan fingerprint density at radius 2 is 1.28 bits per heavy atom. The highest BCUT2D eigenvalue weighted by Crippen LogP contribution is 2.37. The predicted molar refractivity (Wildman–Crippen MR) is 149 cm³/mol. The monoisotopic (exact) mass is 484 g/mol. The first kappa shape index (κ1) is 26.2. The van der Waals surface area contributed by atoms with Crippen LogP contribution >= 0.6 is 0 Å². The second-order valence-electron chi connectivity index (χ2n) is 10.1. The molecule has 0 aromatic heterocycles. The van der Waals surface area contributed by atoms with Crippen molar-refractivity contribution < 1.29 is 18.8 Å². The molecule has 4 nitrogen and oxygen atoms in total. The minimum Gasteiger partial charge on any atom is -0.491 e. The average Bonchev–Trinajstić information content (AvgIpc) is 3.10. The molecule has 0 saturated carbocycles. The minimum atomic E-state index is -0.375. The maximum atomic E-state index is 6.27. The van der Waals surface area contributed by atoms with Crippen molar-refractivity contribution in [1.29, 1.82) is 0 Å². The zero-order chi connectivity index (χ0) is 25.8. The largest absolute Gasteiger partial charge is 0.494 e. The molecule has 1 fully saturated rings. The SMILES string of the molecule is CCC(=C(c1ccc(OCCOC)cc1)c1ccc(B2OC(C)(C)C(C)(C)O2)cc1)c1ccccc1. The van der Waals surface area contributed by atoms with Gasteiger partial charge in [-0.05, 0) is 79.5 Å². The third-order valence-electron chi connectivity index (χ3n) is 7.20. The fourth-order valence-corrected chi connectivity index (χ4v) is 4.43. The number of benzene rings is 3. The zero-order valence-corrected chi connectivity index (χ0v) is 22.3. The predicted octanol–water partition coefficient (Wildman–Crippen LogP) is 6.38. The Kier molecular flexibility index (Phi) is 8.04. The van der Waals surface area contributed by atoms with Gasteiger partial charge in [0.25, 0.3) is 0 Å². The molecule has 0 spiro atoms. The topological polar surface area (TPSA) is 36.9 Å². The normalized spacial score (nSPS) is 17.1. The molecule has 188 valence electrons. The van der Waals surface area contributed by atoms with Crippen LogP contribution in [0.3, 0.4) is 0 Å². The van der Waals surface area contributed by atoms with Gasteiger partial charge in [-0.1, -0.05) is 73.7 Å². The number of ether oxygens (including phenoxy) is 2. The zero-order valence-electron chi connectivity index (χ0n) is 22.3. The first-order chi connectivity index (χ1) is 17.3. The van der Waals surface area contributed by atoms with Crippen molar-refractivity contribution in [3.63, 3.8) is 0 Å². The molecule has 0 bridgehead atoms. The second kappa shape index (κ2) is 11.0. The van der Waals surface area contributed by atoms with Gasteiger partial charge in [0, 0.05) is 7.11 Å². The van der Waals surface area contributed by atoms with Gasteiger partial charge in [0.05, 0.1) is 17.8 Å². The average molecular weight is 484 g/mol. The van der Waals surface area contributed by atoms with Crippen LogP contribution in [0.4, 0.5) is 0 Å². The number of rotatable bonds is 9. The van der Waals surface area contributed by atoms with Crippen molar-refractivity contribution in [3.8, 4) is 5.75 Å². The summed E-state index contributed by atoms with van der Waals surface area (Å²) in [6, 6.07) is 27.5. The number of hydrogen-bond acceptors (Lipinski definition) is 4. The van der Waals surface area contributed by atoms with E-state index in [9.17, 15) is 0 Å². The van der Waals surface area contributed by atoms with Crippen LogP contribution in [0.25, 0.3) is 11.1 Å². The molecule has 36 heavy (non-hydrogen) atoms. The summed E-state index contributed by atoms with van der Waals surface area (Å²) in [5.41, 5.74) is 6.35. The third kappa shape index (κ3) is 5.59. The number of allylic oxidation sites excluding steroid dienone is 1. The summed E-state index contributed by atoms with van der Waals surface area (Å²) < 4.78 is 23.4. The molecule has 1 aliphatic rings. The molecule has 1 aliphatic heterocycles. The molecule has 0 aliphatic carbocycles. The molecular weight excluding hydrogens is 447 g/mol. The van der Waals surface area contributed by atoms with Crippen molar-refractivity contribution in [3.05, 3.63) is 95.6 Å². The third-order valence-corrected chi connectivity index (χ3v) is 7.20. The van der Waals surface area contributed by atoms with Crippen LogP contribution in [0.5, 0.6) is 5.75 Å². The molecule has 0 atom stereocenters. The molecule has 5 heteroatoms. The van der Waals surface area contributed by atoms with Gasteiger partial charge in [-0.3, -0.25) is 0 Å². The van der Waals surface area contributed by atoms with Gasteiger partial charge in [0.2, 0.25) is 0 Å². The Morgan fingerprint density at radius 3 is 1.81 bits per heavy atom. The van der Waals surface area contributed by atoms with E-state index in [0.29, 0.717) is 13.2 Å². The van der Waals surface area contributed by atoms with Crippen LogP contribution < -0.4 is 10.2 Å². The number of hydrogen-bond donors (Lipinski definition) is 0. The summed E-state index contributed by atoms with van der Waals surface area (Å²) >= 11 is 0. The van der Waals surface area contributed by atoms with Crippen molar-refractivity contribution in [2.24, 2.45) is 0 Å². The molecular formula is C31H37BO4. The Hall–Kier alpha value is -2.86. The molecule has 0 radical (unpaired) electrons. The Bertz CT molecular complexity index is 1150. The maximum absolute atomic E-state index is 6.27. The van der Waals surface area contributed by atoms with E-state index in [4.69, 9.17) is 18.8 Å². The van der Waals surface area contributed by atoms with Gasteiger partial charge < -0.3 is 18.8 Å². The molecule has 0 N–H and O–H groups in total. The highest BCUT2D eigenvalue weighted by atomic mass is 16.7. The summed E-state index contributed by atoms with van der Waals surface area (Å²) in [4.78, 5) is 0. The summed E-state index contributed by atoms with van der Waals surface area (Å²) in [5.74, 6) is 0.837. The second-order valence-corrected chi connectivity index (χ2v) is 10.1. The lowest BCUT2D eigenvalue weighted by Gasteiger charge is -2.32. The summed E-state index contributed by atoms with van der Waals surface area (Å²) in [7, 11) is 1.30. The lowest BCUT2D eigenvalue weighted by atomic mass is 9.78. The Balaban J connectivity index is 1.71. The van der Waals surface area contributed by atoms with E-state index < -0.39 is 0 Å². The van der Waals surface area contributed by atoms with E-state index in [1.54, 1.807) is 7.11 Å². The highest BCUT2D eigenvalue weighted by molar-refractivity contribution is 6.62. The van der Waals surface area contributed by atoms with Crippen LogP contribution in [0.1, 0.15) is 57.7 Å². The smallest absolute Gasteiger partial charge is 0.491 e. The quantitative estimate of drug-likeness (QED) is 0.201. The van der Waals surface area contributed by atoms with E-state index in [2.05, 4.69) is 101 Å². The Labute approximate surface area is 216 Å². The maximum Gasteiger partial charge on any atom is 0.494 e. The molecule has 1 saturated heterocycles. The lowest BCUT2D eigenvalue weighted by Crippen LogP contribution is -2.41. The van der Waals surface area contributed by atoms with Crippen molar-refractivity contribution >= 4 is 23.7 Å². The summed E-state index contributed by atoms with van der Waals surface area (Å²) in [6.07, 6.45) is 0.907. The van der Waals surface area contributed by atoms with Gasteiger partial charge in [0.15, 0.2) is 0 Å². The first-order valence-electron chi connectivity index (χ1n) is 12.7. The van der Waals surface area contributed by atoms with Crippen LogP contribution in [-0.2, 0) is 14.0 Å². The fraction of sp³-hybridized carbons (Fsp3) is 0.355. The lowest BCUT2D eigenvalue weighted by molar-refractivity contribution is 0.00578. The Morgan fingerprint density at radius 1 is 0.722 bits per heavy atom. The first-order valence-corrected chi connectivity index (χ1v) is 12.7. The summed E-state index contributed by atoms with van der Waals surface area (Å²) in [5, 5.41) is 0. The van der Waals surface area contributed by atoms with E-state index >= 15 is 0 Å². The van der Waals surface area contributed by atoms with Gasteiger partial charge >= 0.3 is 7.12 Å². The minimum absolute atomic E-state index is 0.364. The van der Waals surface area contributed by atoms with E-state index in [1.165, 1.54) is 16.7 Å². The van der Waals surface area contributed by atoms with Crippen LogP contribution in [0, 0.1) is 0 Å². The van der Waals surface area contributed by atoms with Gasteiger partial charge in [0.1, 0.15) is 12.4 Å². The van der Waals surface area contributed by atoms with Gasteiger partial charge in [-0.25, -0.2) is 0 Å². The molecule has 3 aromatic carbocycles. The van der Waals surface area contributed by atoms with Crippen LogP contribution in [0.15, 0.2) is 78.9 Å². The van der Waals surface area contributed by atoms with E-state index in [-0.39, 0.29) is 18.3 Å². The van der Waals surface area contributed by atoms with Crippen LogP contribution in [-0.4, -0.2) is 38.6 Å². The van der Waals surface area contributed by atoms with E-state index in [1.807, 2.05) is 12.1 Å². The molecule has 4 rings (SSSR count). The summed E-state index contributed by atoms with van der Waals surface area (Å²) in [6.45, 7) is 11.6. The fourth-order valence-electron chi connectivity index (χ4n) is 4.43. The van der Waals surface area contributed by atoms with Crippen molar-refractivity contribution in [2.75, 3.05) is 20.3 Å². The number of methoxy groups -OCH3 is 1. The van der Waals surface area contributed by atoms with Gasteiger partial charge in [-0.15, -0.1) is 0 Å². The van der Waals surface area contributed by atoms with E-state index in [0.717, 1.165) is 28.8 Å². The van der Waals surface area contributed by atoms with Gasteiger partial charge in [-0.2, -0.15) is 0 Å². The van der Waals surface area contributed by atoms with Crippen molar-refractivity contribution in [2.45, 2.75) is 52.2 Å². The molecule has 0 amide bonds. The molecule has 3 aromatic rings. The van der Waals surface area contributed by atoms with Crippen molar-refractivity contribution in [1.82, 2.24) is 0 Å². The standard InChI is InChI=1S/C31H37BO4/c1-7-28(23-11-9-8-10-12-23)29(25-15-19-27(20-16-25)34-22-21-33-6)24-13-17-26(18-14-24)32-35-30(2,3)31(4,5)36-32/h8-20H,7,21-22H2,1-6H3.